The molecule has 2 atom stereocenters. The topological polar surface area (TPSA) is 99.1 Å². The van der Waals surface area contributed by atoms with E-state index in [1.807, 2.05) is 33.3 Å². The summed E-state index contributed by atoms with van der Waals surface area (Å²) in [6.07, 6.45) is 65.5. The van der Waals surface area contributed by atoms with Gasteiger partial charge in [0.2, 0.25) is 0 Å². The summed E-state index contributed by atoms with van der Waals surface area (Å²) in [5.74, 6) is -1.60. The highest BCUT2D eigenvalue weighted by atomic mass is 16.6. The van der Waals surface area contributed by atoms with Gasteiger partial charge in [0.15, 0.2) is 12.1 Å². The third-order valence-corrected chi connectivity index (χ3v) is 10.4. The average Bonchev–Trinajstić information content (AvgIpc) is 3.27. The lowest BCUT2D eigenvalue weighted by molar-refractivity contribution is -0.887. The van der Waals surface area contributed by atoms with Crippen molar-refractivity contribution in [1.82, 2.24) is 0 Å². The molecular formula is C57H92NO7+. The first kappa shape index (κ1) is 60.7. The van der Waals surface area contributed by atoms with Crippen LogP contribution in [0.25, 0.3) is 0 Å². The van der Waals surface area contributed by atoms with Gasteiger partial charge >= 0.3 is 17.9 Å². The molecule has 0 heterocycles. The van der Waals surface area contributed by atoms with Crippen LogP contribution >= 0.6 is 0 Å². The summed E-state index contributed by atoms with van der Waals surface area (Å²) in [5.41, 5.74) is 0. The zero-order valence-electron chi connectivity index (χ0n) is 41.6. The van der Waals surface area contributed by atoms with Crippen LogP contribution in [0.4, 0.5) is 0 Å². The van der Waals surface area contributed by atoms with Crippen molar-refractivity contribution < 1.29 is 38.2 Å². The molecule has 0 aliphatic carbocycles. The summed E-state index contributed by atoms with van der Waals surface area (Å²) < 4.78 is 17.2. The number of unbranched alkanes of at least 4 members (excludes halogenated alkanes) is 9. The maximum Gasteiger partial charge on any atom is 0.362 e. The fraction of sp³-hybridized carbons (Fsp3) is 0.596. The van der Waals surface area contributed by atoms with Crippen molar-refractivity contribution in [3.05, 3.63) is 122 Å². The van der Waals surface area contributed by atoms with Crippen molar-refractivity contribution in [3.8, 4) is 0 Å². The van der Waals surface area contributed by atoms with E-state index >= 15 is 0 Å². The number of allylic oxidation sites excluding steroid dienone is 20. The Morgan fingerprint density at radius 2 is 0.846 bits per heavy atom. The molecule has 0 aromatic carbocycles. The van der Waals surface area contributed by atoms with Gasteiger partial charge in [0.05, 0.1) is 34.4 Å². The first-order valence-corrected chi connectivity index (χ1v) is 25.1. The van der Waals surface area contributed by atoms with Crippen molar-refractivity contribution in [2.24, 2.45) is 0 Å². The molecule has 8 nitrogen and oxygen atoms in total. The van der Waals surface area contributed by atoms with Crippen molar-refractivity contribution in [3.63, 3.8) is 0 Å². The summed E-state index contributed by atoms with van der Waals surface area (Å²) in [6, 6.07) is -0.637. The van der Waals surface area contributed by atoms with E-state index in [1.54, 1.807) is 0 Å². The highest BCUT2D eigenvalue weighted by Crippen LogP contribution is 2.13. The van der Waals surface area contributed by atoms with Crippen molar-refractivity contribution in [1.29, 1.82) is 0 Å². The van der Waals surface area contributed by atoms with Gasteiger partial charge in [-0.2, -0.15) is 0 Å². The molecule has 366 valence electrons. The summed E-state index contributed by atoms with van der Waals surface area (Å²) >= 11 is 0. The normalized spacial score (nSPS) is 13.9. The van der Waals surface area contributed by atoms with Crippen molar-refractivity contribution >= 4 is 17.9 Å². The number of aliphatic carboxylic acids is 1. The second-order valence-corrected chi connectivity index (χ2v) is 17.3. The van der Waals surface area contributed by atoms with Gasteiger partial charge in [0, 0.05) is 19.3 Å². The van der Waals surface area contributed by atoms with Gasteiger partial charge in [-0.05, 0) is 89.9 Å². The monoisotopic (exact) mass is 903 g/mol. The SMILES string of the molecule is CC/C=C/C/C=C/C/C=C/C/C=C/C/C=C/C/C=C/CCC(=O)OC(COCCC(C(=O)O)[N+](C)(C)C)COC(=O)CCCCCCCCCCC/C=C/C/C=C/C/C=C/C/C=C/CC. The summed E-state index contributed by atoms with van der Waals surface area (Å²) in [6.45, 7) is 4.41. The van der Waals surface area contributed by atoms with Gasteiger partial charge < -0.3 is 23.8 Å². The van der Waals surface area contributed by atoms with E-state index in [0.29, 0.717) is 19.3 Å². The molecule has 0 saturated heterocycles. The van der Waals surface area contributed by atoms with Crippen LogP contribution in [0.3, 0.4) is 0 Å². The van der Waals surface area contributed by atoms with Crippen LogP contribution in [-0.4, -0.2) is 80.6 Å². The minimum absolute atomic E-state index is 0.0207. The molecule has 0 aromatic rings. The molecule has 0 radical (unpaired) electrons. The van der Waals surface area contributed by atoms with Crippen molar-refractivity contribution in [2.45, 2.75) is 180 Å². The molecule has 0 rings (SSSR count). The smallest absolute Gasteiger partial charge is 0.362 e. The minimum Gasteiger partial charge on any atom is -0.477 e. The molecule has 0 aliphatic heterocycles. The van der Waals surface area contributed by atoms with Gasteiger partial charge in [-0.3, -0.25) is 9.59 Å². The number of esters is 2. The number of ether oxygens (including phenoxy) is 3. The Labute approximate surface area is 397 Å². The van der Waals surface area contributed by atoms with Crippen LogP contribution in [0.15, 0.2) is 122 Å². The summed E-state index contributed by atoms with van der Waals surface area (Å²) in [5, 5.41) is 9.65. The Kier molecular flexibility index (Phi) is 43.2. The van der Waals surface area contributed by atoms with Crippen LogP contribution < -0.4 is 0 Å². The third kappa shape index (κ3) is 44.7. The zero-order chi connectivity index (χ0) is 47.7. The summed E-state index contributed by atoms with van der Waals surface area (Å²) in [4.78, 5) is 37.1. The van der Waals surface area contributed by atoms with Crippen LogP contribution in [0.2, 0.25) is 0 Å². The quantitative estimate of drug-likeness (QED) is 0.0282. The van der Waals surface area contributed by atoms with E-state index in [4.69, 9.17) is 14.2 Å². The third-order valence-electron chi connectivity index (χ3n) is 10.4. The van der Waals surface area contributed by atoms with Crippen molar-refractivity contribution in [2.75, 3.05) is 41.0 Å². The lowest BCUT2D eigenvalue weighted by Gasteiger charge is -2.31. The Morgan fingerprint density at radius 3 is 1.26 bits per heavy atom. The maximum atomic E-state index is 12.7. The highest BCUT2D eigenvalue weighted by Gasteiger charge is 2.31. The van der Waals surface area contributed by atoms with Gasteiger partial charge in [-0.25, -0.2) is 4.79 Å². The number of quaternary nitrogens is 1. The fourth-order valence-electron chi connectivity index (χ4n) is 6.58. The second-order valence-electron chi connectivity index (χ2n) is 17.3. The molecule has 2 unspecified atom stereocenters. The molecular weight excluding hydrogens is 811 g/mol. The first-order valence-electron chi connectivity index (χ1n) is 25.1. The van der Waals surface area contributed by atoms with Gasteiger partial charge in [0.1, 0.15) is 6.61 Å². The number of carbonyl (C=O) groups is 3. The molecule has 65 heavy (non-hydrogen) atoms. The number of hydrogen-bond acceptors (Lipinski definition) is 6. The Morgan fingerprint density at radius 1 is 0.462 bits per heavy atom. The molecule has 0 fully saturated rings. The van der Waals surface area contributed by atoms with E-state index in [-0.39, 0.29) is 36.7 Å². The molecule has 0 aliphatic rings. The van der Waals surface area contributed by atoms with E-state index < -0.39 is 24.1 Å². The Hall–Kier alpha value is -4.27. The number of likely N-dealkylation sites (N-methyl/N-ethyl adjacent to an activating group) is 1. The predicted octanol–water partition coefficient (Wildman–Crippen LogP) is 14.6. The zero-order valence-corrected chi connectivity index (χ0v) is 41.6. The van der Waals surface area contributed by atoms with E-state index in [9.17, 15) is 19.5 Å². The molecule has 0 spiro atoms. The van der Waals surface area contributed by atoms with Crippen LogP contribution in [0, 0.1) is 0 Å². The molecule has 0 amide bonds. The molecule has 1 N–H and O–H groups in total. The van der Waals surface area contributed by atoms with Crippen LogP contribution in [-0.2, 0) is 28.6 Å². The summed E-state index contributed by atoms with van der Waals surface area (Å²) in [7, 11) is 5.49. The van der Waals surface area contributed by atoms with E-state index in [0.717, 1.165) is 89.9 Å². The van der Waals surface area contributed by atoms with Gasteiger partial charge in [-0.15, -0.1) is 0 Å². The number of hydrogen-bond donors (Lipinski definition) is 1. The second kappa shape index (κ2) is 46.3. The number of carboxylic acids is 1. The number of rotatable bonds is 43. The van der Waals surface area contributed by atoms with E-state index in [2.05, 4.69) is 123 Å². The number of nitrogens with zero attached hydrogens (tertiary/aromatic N) is 1. The number of carbonyl (C=O) groups excluding carboxylic acids is 2. The molecule has 0 bridgehead atoms. The maximum absolute atomic E-state index is 12.7. The Balaban J connectivity index is 4.40. The van der Waals surface area contributed by atoms with E-state index in [1.165, 1.54) is 38.5 Å². The van der Waals surface area contributed by atoms with Crippen LogP contribution in [0.1, 0.15) is 168 Å². The average molecular weight is 903 g/mol. The molecule has 0 aromatic heterocycles. The highest BCUT2D eigenvalue weighted by molar-refractivity contribution is 5.72. The lowest BCUT2D eigenvalue weighted by Crippen LogP contribution is -2.50. The van der Waals surface area contributed by atoms with Crippen LogP contribution in [0.5, 0.6) is 0 Å². The predicted molar refractivity (Wildman–Crippen MR) is 275 cm³/mol. The lowest BCUT2D eigenvalue weighted by atomic mass is 10.1. The van der Waals surface area contributed by atoms with Gasteiger partial charge in [0.25, 0.3) is 0 Å². The molecule has 8 heteroatoms. The largest absolute Gasteiger partial charge is 0.477 e. The van der Waals surface area contributed by atoms with Gasteiger partial charge in [-0.1, -0.05) is 180 Å². The Bertz CT molecular complexity index is 1470. The fourth-order valence-corrected chi connectivity index (χ4v) is 6.58. The number of carboxylic acid groups (broad SMARTS) is 1. The molecule has 0 saturated carbocycles. The minimum atomic E-state index is -0.892. The first-order chi connectivity index (χ1) is 31.6. The standard InChI is InChI=1S/C57H91NO7/c1-6-8-10-12-14-16-18-20-22-24-26-27-28-30-31-33-35-37-39-41-43-45-47-55(59)64-52-53(51-63-50-49-54(57(61)62)58(3,4)5)65-56(60)48-46-44-42-40-38-36-34-32-29-25-23-21-19-17-15-13-11-9-7-2/h8-11,14-17,20-23,26-27,29,32,36,38,42,44,53-54H,6-7,12-13,18-19,24-25,28,30-31,33-35,37,39-41,43,45-52H2,1-5H3/p+1/b10-8+,11-9+,16-14+,17-15+,22-20+,23-21+,27-26+,32-29+,38-36+,44-42+.